The highest BCUT2D eigenvalue weighted by molar-refractivity contribution is 5.89. The number of carbonyl (C=O) groups excluding carboxylic acids is 1. The maximum absolute atomic E-state index is 11.9. The van der Waals surface area contributed by atoms with Crippen LogP contribution in [0.2, 0.25) is 0 Å². The Morgan fingerprint density at radius 1 is 1.57 bits per heavy atom. The molecule has 0 radical (unpaired) electrons. The van der Waals surface area contributed by atoms with Crippen molar-refractivity contribution in [2.75, 3.05) is 19.0 Å². The molecule has 1 saturated carbocycles. The summed E-state index contributed by atoms with van der Waals surface area (Å²) < 4.78 is 6.60. The molecule has 2 rings (SSSR count). The molecule has 1 aliphatic rings. The second-order valence-electron chi connectivity index (χ2n) is 5.13. The summed E-state index contributed by atoms with van der Waals surface area (Å²) >= 11 is 0. The molecule has 2 amide bonds. The van der Waals surface area contributed by atoms with Gasteiger partial charge >= 0.3 is 12.0 Å². The number of hydrogen-bond acceptors (Lipinski definition) is 4. The number of nitrogens with one attached hydrogen (secondary N) is 2. The van der Waals surface area contributed by atoms with E-state index in [9.17, 15) is 9.59 Å². The summed E-state index contributed by atoms with van der Waals surface area (Å²) in [4.78, 5) is 22.7. The molecule has 1 atom stereocenters. The van der Waals surface area contributed by atoms with Gasteiger partial charge in [0, 0.05) is 19.3 Å². The van der Waals surface area contributed by atoms with E-state index in [1.54, 1.807) is 24.2 Å². The zero-order chi connectivity index (χ0) is 15.2. The Hall–Kier alpha value is -2.09. The molecular weight excluding hydrogens is 276 g/mol. The van der Waals surface area contributed by atoms with Gasteiger partial charge in [-0.1, -0.05) is 0 Å². The second-order valence-corrected chi connectivity index (χ2v) is 5.13. The van der Waals surface area contributed by atoms with Gasteiger partial charge in [-0.3, -0.25) is 9.48 Å². The Bertz CT molecular complexity index is 498. The first kappa shape index (κ1) is 15.3. The lowest BCUT2D eigenvalue weighted by atomic mass is 10.1. The highest BCUT2D eigenvalue weighted by Crippen LogP contribution is 2.34. The van der Waals surface area contributed by atoms with Crippen LogP contribution in [0.3, 0.4) is 0 Å². The van der Waals surface area contributed by atoms with Crippen LogP contribution in [0, 0.1) is 5.92 Å². The molecule has 0 aromatic carbocycles. The van der Waals surface area contributed by atoms with E-state index in [2.05, 4.69) is 15.7 Å². The smallest absolute Gasteiger partial charge is 0.319 e. The average Bonchev–Trinajstić information content (AvgIpc) is 3.17. The van der Waals surface area contributed by atoms with Crippen LogP contribution in [0.4, 0.5) is 10.5 Å². The first-order chi connectivity index (χ1) is 10.1. The van der Waals surface area contributed by atoms with Crippen LogP contribution in [0.25, 0.3) is 0 Å². The number of methoxy groups -OCH3 is 1. The summed E-state index contributed by atoms with van der Waals surface area (Å²) in [5, 5.41) is 18.3. The van der Waals surface area contributed by atoms with Crippen molar-refractivity contribution in [2.24, 2.45) is 5.92 Å². The molecule has 3 N–H and O–H groups in total. The molecule has 21 heavy (non-hydrogen) atoms. The molecule has 1 heterocycles. The van der Waals surface area contributed by atoms with Gasteiger partial charge in [0.05, 0.1) is 31.5 Å². The quantitative estimate of drug-likeness (QED) is 0.661. The summed E-state index contributed by atoms with van der Waals surface area (Å²) in [5.41, 5.74) is 0.563. The number of urea groups is 1. The van der Waals surface area contributed by atoms with E-state index in [-0.39, 0.29) is 18.4 Å². The number of rotatable bonds is 8. The minimum absolute atomic E-state index is 0.0504. The third kappa shape index (κ3) is 5.07. The number of carboxylic acids is 1. The Morgan fingerprint density at radius 3 is 2.95 bits per heavy atom. The summed E-state index contributed by atoms with van der Waals surface area (Å²) in [6.07, 6.45) is 5.12. The molecule has 1 unspecified atom stereocenters. The van der Waals surface area contributed by atoms with Gasteiger partial charge in [0.1, 0.15) is 0 Å². The normalized spacial score (nSPS) is 15.5. The predicted molar refractivity (Wildman–Crippen MR) is 75.0 cm³/mol. The third-order valence-electron chi connectivity index (χ3n) is 3.32. The van der Waals surface area contributed by atoms with Gasteiger partial charge in [0.2, 0.25) is 0 Å². The maximum atomic E-state index is 11.9. The molecule has 1 aromatic rings. The molecule has 0 saturated heterocycles. The molecule has 116 valence electrons. The first-order valence-corrected chi connectivity index (χ1v) is 6.89. The van der Waals surface area contributed by atoms with Crippen LogP contribution in [0.1, 0.15) is 19.3 Å². The number of carboxylic acid groups (broad SMARTS) is 1. The van der Waals surface area contributed by atoms with Gasteiger partial charge < -0.3 is 20.5 Å². The molecule has 0 bridgehead atoms. The van der Waals surface area contributed by atoms with Crippen molar-refractivity contribution in [1.82, 2.24) is 15.1 Å². The zero-order valence-corrected chi connectivity index (χ0v) is 11.9. The monoisotopic (exact) mass is 296 g/mol. The Labute approximate surface area is 122 Å². The fourth-order valence-electron chi connectivity index (χ4n) is 2.09. The standard InChI is InChI=1S/C13H20N4O4/c1-21-5-4-17-8-10(7-14-17)15-13(20)16-11(6-12(18)19)9-2-3-9/h7-9,11H,2-6H2,1H3,(H,18,19)(H2,15,16,20). The van der Waals surface area contributed by atoms with Crippen molar-refractivity contribution in [1.29, 1.82) is 0 Å². The molecule has 8 nitrogen and oxygen atoms in total. The Balaban J connectivity index is 1.82. The van der Waals surface area contributed by atoms with E-state index < -0.39 is 12.0 Å². The van der Waals surface area contributed by atoms with Crippen LogP contribution >= 0.6 is 0 Å². The van der Waals surface area contributed by atoms with E-state index in [4.69, 9.17) is 9.84 Å². The van der Waals surface area contributed by atoms with Gasteiger partial charge in [0.15, 0.2) is 0 Å². The van der Waals surface area contributed by atoms with Gasteiger partial charge in [0.25, 0.3) is 0 Å². The molecule has 1 aliphatic carbocycles. The van der Waals surface area contributed by atoms with E-state index >= 15 is 0 Å². The van der Waals surface area contributed by atoms with E-state index in [0.717, 1.165) is 12.8 Å². The summed E-state index contributed by atoms with van der Waals surface area (Å²) in [5.74, 6) is -0.629. The van der Waals surface area contributed by atoms with Crippen LogP contribution in [-0.2, 0) is 16.1 Å². The number of carbonyl (C=O) groups is 2. The van der Waals surface area contributed by atoms with Crippen molar-refractivity contribution >= 4 is 17.7 Å². The van der Waals surface area contributed by atoms with Crippen LogP contribution in [-0.4, -0.2) is 46.6 Å². The van der Waals surface area contributed by atoms with Gasteiger partial charge in [-0.05, 0) is 18.8 Å². The zero-order valence-electron chi connectivity index (χ0n) is 11.9. The van der Waals surface area contributed by atoms with Crippen molar-refractivity contribution < 1.29 is 19.4 Å². The van der Waals surface area contributed by atoms with E-state index in [1.807, 2.05) is 0 Å². The SMILES string of the molecule is COCCn1cc(NC(=O)NC(CC(=O)O)C2CC2)cn1. The predicted octanol–water partition coefficient (Wildman–Crippen LogP) is 0.904. The number of aliphatic carboxylic acids is 1. The van der Waals surface area contributed by atoms with Crippen molar-refractivity contribution in [2.45, 2.75) is 31.8 Å². The van der Waals surface area contributed by atoms with Crippen molar-refractivity contribution in [3.05, 3.63) is 12.4 Å². The van der Waals surface area contributed by atoms with Gasteiger partial charge in [-0.25, -0.2) is 4.79 Å². The molecule has 0 aliphatic heterocycles. The molecule has 1 aromatic heterocycles. The lowest BCUT2D eigenvalue weighted by Gasteiger charge is -2.16. The fraction of sp³-hybridized carbons (Fsp3) is 0.615. The molecule has 1 fully saturated rings. The average molecular weight is 296 g/mol. The fourth-order valence-corrected chi connectivity index (χ4v) is 2.09. The molecule has 8 heteroatoms. The lowest BCUT2D eigenvalue weighted by molar-refractivity contribution is -0.137. The minimum atomic E-state index is -0.903. The Kier molecular flexibility index (Phi) is 5.15. The number of aromatic nitrogens is 2. The summed E-state index contributed by atoms with van der Waals surface area (Å²) in [6, 6.07) is -0.717. The minimum Gasteiger partial charge on any atom is -0.481 e. The van der Waals surface area contributed by atoms with Crippen molar-refractivity contribution in [3.8, 4) is 0 Å². The second kappa shape index (κ2) is 7.07. The van der Waals surface area contributed by atoms with E-state index in [0.29, 0.717) is 18.8 Å². The maximum Gasteiger partial charge on any atom is 0.319 e. The third-order valence-corrected chi connectivity index (χ3v) is 3.32. The Morgan fingerprint density at radius 2 is 2.33 bits per heavy atom. The number of hydrogen-bond donors (Lipinski definition) is 3. The number of anilines is 1. The molecular formula is C13H20N4O4. The van der Waals surface area contributed by atoms with Crippen molar-refractivity contribution in [3.63, 3.8) is 0 Å². The van der Waals surface area contributed by atoms with Crippen LogP contribution in [0.5, 0.6) is 0 Å². The van der Waals surface area contributed by atoms with Crippen LogP contribution in [0.15, 0.2) is 12.4 Å². The summed E-state index contributed by atoms with van der Waals surface area (Å²) in [7, 11) is 1.61. The number of nitrogens with zero attached hydrogens (tertiary/aromatic N) is 2. The number of ether oxygens (including phenoxy) is 1. The first-order valence-electron chi connectivity index (χ1n) is 6.89. The van der Waals surface area contributed by atoms with Gasteiger partial charge in [-0.2, -0.15) is 5.10 Å². The lowest BCUT2D eigenvalue weighted by Crippen LogP contribution is -2.40. The highest BCUT2D eigenvalue weighted by atomic mass is 16.5. The number of amides is 2. The summed E-state index contributed by atoms with van der Waals surface area (Å²) in [6.45, 7) is 1.14. The van der Waals surface area contributed by atoms with Crippen LogP contribution < -0.4 is 10.6 Å². The topological polar surface area (TPSA) is 105 Å². The molecule has 0 spiro atoms. The van der Waals surface area contributed by atoms with Gasteiger partial charge in [-0.15, -0.1) is 0 Å². The van der Waals surface area contributed by atoms with E-state index in [1.165, 1.54) is 0 Å². The largest absolute Gasteiger partial charge is 0.481 e. The highest BCUT2D eigenvalue weighted by Gasteiger charge is 2.33.